The molecule has 1 aliphatic rings. The third-order valence-electron chi connectivity index (χ3n) is 2.95. The van der Waals surface area contributed by atoms with Gasteiger partial charge in [0.2, 0.25) is 5.91 Å². The Morgan fingerprint density at radius 2 is 1.88 bits per heavy atom. The van der Waals surface area contributed by atoms with Gasteiger partial charge in [-0.2, -0.15) is 5.10 Å². The van der Waals surface area contributed by atoms with Gasteiger partial charge in [-0.05, 0) is 18.2 Å². The standard InChI is InChI=1S/C12H11F7N4OS/c13-11(14)7-3-8(5-9(4-7)25(15,16,17,18)19)12-21-6-23(22-12)2-1-10(20)24/h1-5,11H,6H2,(H2,20,24)(H,21,22)/b2-1-. The average Bonchev–Trinajstić information content (AvgIpc) is 2.91. The maximum Gasteiger partial charge on any atom is 0.310 e. The predicted octanol–water partition coefficient (Wildman–Crippen LogP) is 3.80. The summed E-state index contributed by atoms with van der Waals surface area (Å²) in [6.45, 7) is -0.135. The van der Waals surface area contributed by atoms with Crippen molar-refractivity contribution in [3.05, 3.63) is 41.6 Å². The average molecular weight is 392 g/mol. The lowest BCUT2D eigenvalue weighted by Gasteiger charge is -2.40. The normalized spacial score (nSPS) is 18.1. The number of halogens is 7. The van der Waals surface area contributed by atoms with Crippen LogP contribution in [0.4, 0.5) is 28.2 Å². The van der Waals surface area contributed by atoms with Crippen LogP contribution >= 0.6 is 10.2 Å². The van der Waals surface area contributed by atoms with Gasteiger partial charge in [-0.25, -0.2) is 8.78 Å². The summed E-state index contributed by atoms with van der Waals surface area (Å²) >= 11 is 0. The molecule has 1 aromatic carbocycles. The summed E-state index contributed by atoms with van der Waals surface area (Å²) in [6, 6.07) is 0.376. The minimum absolute atomic E-state index is 0.0422. The minimum atomic E-state index is -10.2. The van der Waals surface area contributed by atoms with Gasteiger partial charge in [0, 0.05) is 23.4 Å². The zero-order chi connectivity index (χ0) is 19.1. The molecular formula is C12H11F7N4OS. The lowest BCUT2D eigenvalue weighted by atomic mass is 10.1. The molecule has 140 valence electrons. The van der Waals surface area contributed by atoms with E-state index >= 15 is 0 Å². The number of carbonyl (C=O) groups is 1. The summed E-state index contributed by atoms with van der Waals surface area (Å²) < 4.78 is 90.4. The summed E-state index contributed by atoms with van der Waals surface area (Å²) in [4.78, 5) is 8.16. The fourth-order valence-corrected chi connectivity index (χ4v) is 2.58. The molecule has 1 aromatic rings. The van der Waals surface area contributed by atoms with Crippen LogP contribution in [-0.4, -0.2) is 23.4 Å². The van der Waals surface area contributed by atoms with Crippen LogP contribution in [-0.2, 0) is 4.79 Å². The van der Waals surface area contributed by atoms with Crippen LogP contribution in [0.3, 0.4) is 0 Å². The molecule has 0 fully saturated rings. The van der Waals surface area contributed by atoms with Gasteiger partial charge >= 0.3 is 10.2 Å². The van der Waals surface area contributed by atoms with Crippen LogP contribution in [0.15, 0.2) is 40.5 Å². The largest absolute Gasteiger partial charge is 0.366 e. The number of nitrogens with two attached hydrogens (primary N) is 1. The summed E-state index contributed by atoms with van der Waals surface area (Å²) in [5.74, 6) is -1.17. The Morgan fingerprint density at radius 1 is 1.24 bits per heavy atom. The molecule has 0 aromatic heterocycles. The zero-order valence-electron chi connectivity index (χ0n) is 12.1. The monoisotopic (exact) mass is 392 g/mol. The molecule has 0 aliphatic carbocycles. The quantitative estimate of drug-likeness (QED) is 0.592. The van der Waals surface area contributed by atoms with E-state index in [1.165, 1.54) is 0 Å². The number of rotatable bonds is 5. The number of benzene rings is 1. The fourth-order valence-electron chi connectivity index (χ4n) is 1.87. The molecule has 0 radical (unpaired) electrons. The number of carbonyl (C=O) groups excluding carboxylic acids is 1. The molecule has 0 bridgehead atoms. The van der Waals surface area contributed by atoms with E-state index in [1.807, 2.05) is 0 Å². The second-order valence-electron chi connectivity index (χ2n) is 5.00. The SMILES string of the molecule is NC(=O)/C=C\N1CNC(c2cc(C(F)F)cc(S(F)(F)(F)(F)F)c2)=N1. The highest BCUT2D eigenvalue weighted by Gasteiger charge is 2.65. The first-order valence-electron chi connectivity index (χ1n) is 6.40. The third-order valence-corrected chi connectivity index (χ3v) is 4.07. The van der Waals surface area contributed by atoms with E-state index in [-0.39, 0.29) is 24.6 Å². The number of nitrogens with zero attached hydrogens (tertiary/aromatic N) is 2. The number of hydrogen-bond acceptors (Lipinski definition) is 4. The smallest absolute Gasteiger partial charge is 0.310 e. The van der Waals surface area contributed by atoms with Gasteiger partial charge in [0.05, 0.1) is 0 Å². The van der Waals surface area contributed by atoms with Crippen LogP contribution in [0.25, 0.3) is 0 Å². The molecule has 25 heavy (non-hydrogen) atoms. The van der Waals surface area contributed by atoms with E-state index in [0.29, 0.717) is 6.07 Å². The van der Waals surface area contributed by atoms with Crippen molar-refractivity contribution >= 4 is 22.0 Å². The Labute approximate surface area is 136 Å². The Hall–Kier alpha value is -2.44. The van der Waals surface area contributed by atoms with Gasteiger partial charge in [0.15, 0.2) is 5.84 Å². The molecule has 0 atom stereocenters. The third kappa shape index (κ3) is 4.78. The van der Waals surface area contributed by atoms with Gasteiger partial charge < -0.3 is 11.1 Å². The first-order chi connectivity index (χ1) is 11.2. The van der Waals surface area contributed by atoms with Crippen LogP contribution in [0.1, 0.15) is 17.6 Å². The van der Waals surface area contributed by atoms with Crippen molar-refractivity contribution in [1.82, 2.24) is 10.3 Å². The van der Waals surface area contributed by atoms with Crippen LogP contribution in [0, 0.1) is 0 Å². The molecule has 0 spiro atoms. The Balaban J connectivity index is 2.51. The van der Waals surface area contributed by atoms with E-state index in [0.717, 1.165) is 17.3 Å². The summed E-state index contributed by atoms with van der Waals surface area (Å²) in [7, 11) is -10.2. The van der Waals surface area contributed by atoms with Gasteiger partial charge in [-0.15, -0.1) is 0 Å². The first-order valence-corrected chi connectivity index (χ1v) is 8.35. The molecule has 1 aliphatic heterocycles. The second kappa shape index (κ2) is 5.28. The highest BCUT2D eigenvalue weighted by atomic mass is 32.5. The Kier molecular flexibility index (Phi) is 3.99. The van der Waals surface area contributed by atoms with Crippen molar-refractivity contribution in [3.63, 3.8) is 0 Å². The topological polar surface area (TPSA) is 70.7 Å². The molecule has 0 saturated carbocycles. The molecule has 0 unspecified atom stereocenters. The van der Waals surface area contributed by atoms with E-state index in [4.69, 9.17) is 5.73 Å². The molecule has 2 rings (SSSR count). The van der Waals surface area contributed by atoms with Gasteiger partial charge in [0.1, 0.15) is 11.6 Å². The summed E-state index contributed by atoms with van der Waals surface area (Å²) in [5.41, 5.74) is 3.03. The number of amides is 1. The van der Waals surface area contributed by atoms with Gasteiger partial charge in [0.25, 0.3) is 6.43 Å². The van der Waals surface area contributed by atoms with Gasteiger partial charge in [-0.1, -0.05) is 19.4 Å². The van der Waals surface area contributed by atoms with Gasteiger partial charge in [-0.3, -0.25) is 9.80 Å². The summed E-state index contributed by atoms with van der Waals surface area (Å²) in [6.07, 6.45) is -1.43. The number of hydrogen-bond donors (Lipinski definition) is 2. The number of hydrazone groups is 1. The van der Waals surface area contributed by atoms with Crippen molar-refractivity contribution in [2.45, 2.75) is 11.3 Å². The summed E-state index contributed by atoms with van der Waals surface area (Å²) in [5, 5.41) is 7.17. The fraction of sp³-hybridized carbons (Fsp3) is 0.167. The van der Waals surface area contributed by atoms with Crippen molar-refractivity contribution < 1.29 is 33.0 Å². The van der Waals surface area contributed by atoms with E-state index in [9.17, 15) is 33.0 Å². The molecule has 1 heterocycles. The number of nitrogens with one attached hydrogen (secondary N) is 1. The maximum atomic E-state index is 13.0. The van der Waals surface area contributed by atoms with E-state index in [1.54, 1.807) is 0 Å². The van der Waals surface area contributed by atoms with Crippen LogP contribution < -0.4 is 11.1 Å². The van der Waals surface area contributed by atoms with Crippen molar-refractivity contribution in [2.24, 2.45) is 10.8 Å². The number of amidine groups is 1. The van der Waals surface area contributed by atoms with Crippen LogP contribution in [0.5, 0.6) is 0 Å². The Morgan fingerprint density at radius 3 is 2.40 bits per heavy atom. The number of primary amides is 1. The molecular weight excluding hydrogens is 381 g/mol. The highest BCUT2D eigenvalue weighted by molar-refractivity contribution is 8.45. The van der Waals surface area contributed by atoms with E-state index < -0.39 is 38.6 Å². The van der Waals surface area contributed by atoms with Crippen molar-refractivity contribution in [1.29, 1.82) is 0 Å². The molecule has 5 nitrogen and oxygen atoms in total. The lowest BCUT2D eigenvalue weighted by molar-refractivity contribution is -0.113. The minimum Gasteiger partial charge on any atom is -0.366 e. The van der Waals surface area contributed by atoms with Crippen LogP contribution in [0.2, 0.25) is 0 Å². The first kappa shape index (κ1) is 18.9. The highest BCUT2D eigenvalue weighted by Crippen LogP contribution is 3.02. The Bertz CT molecular complexity index is 776. The lowest BCUT2D eigenvalue weighted by Crippen LogP contribution is -2.23. The van der Waals surface area contributed by atoms with Crippen molar-refractivity contribution in [2.75, 3.05) is 6.67 Å². The maximum absolute atomic E-state index is 13.0. The molecule has 0 saturated heterocycles. The van der Waals surface area contributed by atoms with Crippen molar-refractivity contribution in [3.8, 4) is 0 Å². The predicted molar refractivity (Wildman–Crippen MR) is 77.5 cm³/mol. The zero-order valence-corrected chi connectivity index (χ0v) is 12.9. The number of alkyl halides is 2. The molecule has 13 heteroatoms. The molecule has 1 amide bonds. The molecule has 3 N–H and O–H groups in total. The van der Waals surface area contributed by atoms with E-state index in [2.05, 4.69) is 10.4 Å². The second-order valence-corrected chi connectivity index (χ2v) is 7.41.